The summed E-state index contributed by atoms with van der Waals surface area (Å²) >= 11 is 10.8. The average Bonchev–Trinajstić information content (AvgIpc) is 1.82. The third kappa shape index (κ3) is 1.76. The maximum Gasteiger partial charge on any atom is 0.254 e. The van der Waals surface area contributed by atoms with E-state index in [2.05, 4.69) is 0 Å². The minimum atomic E-state index is -0.669. The van der Waals surface area contributed by atoms with Crippen molar-refractivity contribution in [3.8, 4) is 0 Å². The predicted octanol–water partition coefficient (Wildman–Crippen LogP) is 3.17. The van der Waals surface area contributed by atoms with E-state index in [4.69, 9.17) is 23.2 Å². The molecule has 1 aromatic rings. The van der Waals surface area contributed by atoms with Gasteiger partial charge in [0, 0.05) is 0 Å². The summed E-state index contributed by atoms with van der Waals surface area (Å²) in [7, 11) is 0. The highest BCUT2D eigenvalue weighted by Gasteiger charge is 2.11. The molecule has 0 unspecified atom stereocenters. The highest BCUT2D eigenvalue weighted by molar-refractivity contribution is 6.69. The van der Waals surface area contributed by atoms with Gasteiger partial charge in [-0.2, -0.15) is 0 Å². The van der Waals surface area contributed by atoms with Gasteiger partial charge in [0.15, 0.2) is 0 Å². The van der Waals surface area contributed by atoms with Crippen molar-refractivity contribution in [3.05, 3.63) is 34.1 Å². The Kier molecular flexibility index (Phi) is 2.70. The summed E-state index contributed by atoms with van der Waals surface area (Å²) < 4.78 is 12.6. The van der Waals surface area contributed by atoms with E-state index in [-0.39, 0.29) is 10.6 Å². The second kappa shape index (κ2) is 3.42. The molecule has 12 heavy (non-hydrogen) atoms. The maximum absolute atomic E-state index is 12.6. The zero-order valence-electron chi connectivity index (χ0n) is 6.20. The Bertz CT molecular complexity index is 313. The standard InChI is InChI=1S/C8H5Cl2FO/c1-4-2-5(11)3-6(9)7(4)8(10)12/h2-3H,1H3. The van der Waals surface area contributed by atoms with Gasteiger partial charge in [-0.05, 0) is 36.2 Å². The summed E-state index contributed by atoms with van der Waals surface area (Å²) in [6, 6.07) is 2.27. The monoisotopic (exact) mass is 206 g/mol. The van der Waals surface area contributed by atoms with Gasteiger partial charge in [0.25, 0.3) is 5.24 Å². The number of carbonyl (C=O) groups excluding carboxylic acids is 1. The van der Waals surface area contributed by atoms with Crippen molar-refractivity contribution in [2.24, 2.45) is 0 Å². The van der Waals surface area contributed by atoms with Gasteiger partial charge in [-0.1, -0.05) is 11.6 Å². The Morgan fingerprint density at radius 3 is 2.50 bits per heavy atom. The van der Waals surface area contributed by atoms with Crippen LogP contribution in [0.15, 0.2) is 12.1 Å². The van der Waals surface area contributed by atoms with E-state index >= 15 is 0 Å². The van der Waals surface area contributed by atoms with Crippen molar-refractivity contribution in [1.29, 1.82) is 0 Å². The molecule has 0 radical (unpaired) electrons. The number of halogens is 3. The molecule has 0 fully saturated rings. The molecule has 0 bridgehead atoms. The molecule has 0 aliphatic carbocycles. The van der Waals surface area contributed by atoms with E-state index in [1.807, 2.05) is 0 Å². The first kappa shape index (κ1) is 9.49. The van der Waals surface area contributed by atoms with Crippen molar-refractivity contribution >= 4 is 28.4 Å². The third-order valence-corrected chi connectivity index (χ3v) is 1.94. The van der Waals surface area contributed by atoms with Crippen LogP contribution >= 0.6 is 23.2 Å². The van der Waals surface area contributed by atoms with Crippen molar-refractivity contribution in [1.82, 2.24) is 0 Å². The van der Waals surface area contributed by atoms with Crippen LogP contribution in [0.3, 0.4) is 0 Å². The quantitative estimate of drug-likeness (QED) is 0.646. The lowest BCUT2D eigenvalue weighted by atomic mass is 10.1. The number of rotatable bonds is 1. The molecule has 0 N–H and O–H groups in total. The van der Waals surface area contributed by atoms with Crippen LogP contribution in [-0.4, -0.2) is 5.24 Å². The fraction of sp³-hybridized carbons (Fsp3) is 0.125. The molecule has 4 heteroatoms. The zero-order valence-corrected chi connectivity index (χ0v) is 7.71. The fourth-order valence-electron chi connectivity index (χ4n) is 0.951. The van der Waals surface area contributed by atoms with Crippen molar-refractivity contribution in [3.63, 3.8) is 0 Å². The number of hydrogen-bond acceptors (Lipinski definition) is 1. The van der Waals surface area contributed by atoms with E-state index in [0.717, 1.165) is 6.07 Å². The second-order valence-electron chi connectivity index (χ2n) is 2.35. The van der Waals surface area contributed by atoms with Crippen LogP contribution in [0.1, 0.15) is 15.9 Å². The first-order valence-electron chi connectivity index (χ1n) is 3.18. The van der Waals surface area contributed by atoms with E-state index < -0.39 is 11.1 Å². The zero-order chi connectivity index (χ0) is 9.30. The van der Waals surface area contributed by atoms with Crippen molar-refractivity contribution < 1.29 is 9.18 Å². The predicted molar refractivity (Wildman–Crippen MR) is 46.3 cm³/mol. The Morgan fingerprint density at radius 1 is 1.50 bits per heavy atom. The third-order valence-electron chi connectivity index (χ3n) is 1.45. The molecular weight excluding hydrogens is 202 g/mol. The van der Waals surface area contributed by atoms with E-state index in [0.29, 0.717) is 5.56 Å². The molecule has 0 amide bonds. The SMILES string of the molecule is Cc1cc(F)cc(Cl)c1C(=O)Cl. The minimum absolute atomic E-state index is 0.0486. The molecular formula is C8H5Cl2FO. The van der Waals surface area contributed by atoms with Gasteiger partial charge in [0.1, 0.15) is 5.82 Å². The summed E-state index contributed by atoms with van der Waals surface area (Å²) in [5.41, 5.74) is 0.611. The summed E-state index contributed by atoms with van der Waals surface area (Å²) in [6.45, 7) is 1.57. The fourth-order valence-corrected chi connectivity index (χ4v) is 1.59. The molecule has 0 heterocycles. The molecule has 0 saturated heterocycles. The topological polar surface area (TPSA) is 17.1 Å². The van der Waals surface area contributed by atoms with E-state index in [1.54, 1.807) is 6.92 Å². The van der Waals surface area contributed by atoms with Crippen LogP contribution in [0.5, 0.6) is 0 Å². The molecule has 0 spiro atoms. The molecule has 64 valence electrons. The highest BCUT2D eigenvalue weighted by Crippen LogP contribution is 2.22. The van der Waals surface area contributed by atoms with Crippen LogP contribution in [-0.2, 0) is 0 Å². The lowest BCUT2D eigenvalue weighted by Gasteiger charge is -2.02. The van der Waals surface area contributed by atoms with Gasteiger partial charge in [0.2, 0.25) is 0 Å². The molecule has 0 aliphatic heterocycles. The van der Waals surface area contributed by atoms with Gasteiger partial charge < -0.3 is 0 Å². The normalized spacial score (nSPS) is 10.0. The van der Waals surface area contributed by atoms with Crippen LogP contribution in [0, 0.1) is 12.7 Å². The lowest BCUT2D eigenvalue weighted by molar-refractivity contribution is 0.108. The van der Waals surface area contributed by atoms with E-state index in [9.17, 15) is 9.18 Å². The lowest BCUT2D eigenvalue weighted by Crippen LogP contribution is -1.95. The van der Waals surface area contributed by atoms with Crippen molar-refractivity contribution in [2.75, 3.05) is 0 Å². The molecule has 1 aromatic carbocycles. The minimum Gasteiger partial charge on any atom is -0.276 e. The molecule has 0 saturated carbocycles. The average molecular weight is 207 g/mol. The maximum atomic E-state index is 12.6. The Balaban J connectivity index is 3.38. The first-order valence-corrected chi connectivity index (χ1v) is 3.93. The summed E-state index contributed by atoms with van der Waals surface area (Å²) in [6.07, 6.45) is 0. The van der Waals surface area contributed by atoms with Gasteiger partial charge in [-0.15, -0.1) is 0 Å². The van der Waals surface area contributed by atoms with Gasteiger partial charge in [0.05, 0.1) is 10.6 Å². The van der Waals surface area contributed by atoms with Crippen molar-refractivity contribution in [2.45, 2.75) is 6.92 Å². The molecule has 1 nitrogen and oxygen atoms in total. The number of benzene rings is 1. The summed E-state index contributed by atoms with van der Waals surface area (Å²) in [5.74, 6) is -0.473. The number of carbonyl (C=O) groups is 1. The van der Waals surface area contributed by atoms with Crippen LogP contribution in [0.2, 0.25) is 5.02 Å². The Labute approximate surface area is 79.1 Å². The van der Waals surface area contributed by atoms with Gasteiger partial charge in [-0.25, -0.2) is 4.39 Å². The summed E-state index contributed by atoms with van der Waals surface area (Å²) in [4.78, 5) is 10.8. The van der Waals surface area contributed by atoms with E-state index in [1.165, 1.54) is 6.07 Å². The molecule has 0 aromatic heterocycles. The number of aryl methyl sites for hydroxylation is 1. The smallest absolute Gasteiger partial charge is 0.254 e. The molecule has 0 atom stereocenters. The van der Waals surface area contributed by atoms with Crippen LogP contribution in [0.4, 0.5) is 4.39 Å². The molecule has 0 aliphatic rings. The van der Waals surface area contributed by atoms with Gasteiger partial charge in [-0.3, -0.25) is 4.79 Å². The Hall–Kier alpha value is -0.600. The first-order chi connectivity index (χ1) is 5.52. The molecule has 1 rings (SSSR count). The Morgan fingerprint density at radius 2 is 2.08 bits per heavy atom. The number of hydrogen-bond donors (Lipinski definition) is 0. The highest BCUT2D eigenvalue weighted by atomic mass is 35.5. The van der Waals surface area contributed by atoms with Crippen LogP contribution < -0.4 is 0 Å². The van der Waals surface area contributed by atoms with Gasteiger partial charge >= 0.3 is 0 Å². The second-order valence-corrected chi connectivity index (χ2v) is 3.10. The summed E-state index contributed by atoms with van der Waals surface area (Å²) in [5, 5.41) is -0.620. The van der Waals surface area contributed by atoms with Crippen LogP contribution in [0.25, 0.3) is 0 Å². The largest absolute Gasteiger partial charge is 0.276 e.